The summed E-state index contributed by atoms with van der Waals surface area (Å²) in [6, 6.07) is 4.21. The lowest BCUT2D eigenvalue weighted by atomic mass is 9.94. The minimum Gasteiger partial charge on any atom is -0.454 e. The highest BCUT2D eigenvalue weighted by molar-refractivity contribution is 5.98. The van der Waals surface area contributed by atoms with Gasteiger partial charge < -0.3 is 19.7 Å². The smallest absolute Gasteiger partial charge is 0.278 e. The molecule has 30 heavy (non-hydrogen) atoms. The second-order valence-electron chi connectivity index (χ2n) is 7.37. The number of anilines is 1. The SMILES string of the molecule is CCCC[C@@H](C(=O)N1CCCC1C(=O)Nc1ccc2c(c1)OCO2)[C@@H](F)C(=O)NO. The molecule has 9 nitrogen and oxygen atoms in total. The first-order chi connectivity index (χ1) is 14.5. The fraction of sp³-hybridized carbons (Fsp3) is 0.550. The summed E-state index contributed by atoms with van der Waals surface area (Å²) in [4.78, 5) is 38.8. The first kappa shape index (κ1) is 21.8. The number of carbonyl (C=O) groups excluding carboxylic acids is 3. The van der Waals surface area contributed by atoms with Crippen molar-refractivity contribution in [1.29, 1.82) is 0 Å². The van der Waals surface area contributed by atoms with Gasteiger partial charge in [0.05, 0.1) is 5.92 Å². The Balaban J connectivity index is 1.71. The Morgan fingerprint density at radius 3 is 2.80 bits per heavy atom. The van der Waals surface area contributed by atoms with E-state index >= 15 is 0 Å². The van der Waals surface area contributed by atoms with Crippen LogP contribution in [0.5, 0.6) is 11.5 Å². The summed E-state index contributed by atoms with van der Waals surface area (Å²) in [5.74, 6) is -2.40. The van der Waals surface area contributed by atoms with Crippen molar-refractivity contribution in [2.24, 2.45) is 5.92 Å². The maximum absolute atomic E-state index is 14.5. The zero-order valence-electron chi connectivity index (χ0n) is 16.7. The predicted octanol–water partition coefficient (Wildman–Crippen LogP) is 1.99. The Hall–Kier alpha value is -2.88. The average molecular weight is 423 g/mol. The van der Waals surface area contributed by atoms with E-state index in [4.69, 9.17) is 14.7 Å². The molecule has 10 heteroatoms. The normalized spacial score (nSPS) is 19.3. The van der Waals surface area contributed by atoms with Crippen molar-refractivity contribution in [3.63, 3.8) is 0 Å². The number of nitrogens with one attached hydrogen (secondary N) is 2. The molecule has 2 heterocycles. The number of amides is 3. The van der Waals surface area contributed by atoms with Gasteiger partial charge in [0, 0.05) is 18.3 Å². The molecule has 3 N–H and O–H groups in total. The zero-order chi connectivity index (χ0) is 21.7. The van der Waals surface area contributed by atoms with Crippen LogP contribution in [-0.2, 0) is 14.4 Å². The zero-order valence-corrected chi connectivity index (χ0v) is 16.7. The van der Waals surface area contributed by atoms with Crippen LogP contribution in [0.15, 0.2) is 18.2 Å². The van der Waals surface area contributed by atoms with E-state index in [0.29, 0.717) is 49.4 Å². The van der Waals surface area contributed by atoms with Gasteiger partial charge in [0.15, 0.2) is 17.7 Å². The molecule has 3 atom stereocenters. The molecule has 3 rings (SSSR count). The van der Waals surface area contributed by atoms with E-state index in [1.807, 2.05) is 6.92 Å². The molecule has 0 saturated carbocycles. The Bertz CT molecular complexity index is 805. The van der Waals surface area contributed by atoms with E-state index in [0.717, 1.165) is 0 Å². The number of nitrogens with zero attached hydrogens (tertiary/aromatic N) is 1. The van der Waals surface area contributed by atoms with Crippen LogP contribution < -0.4 is 20.3 Å². The third kappa shape index (κ3) is 4.64. The number of hydroxylamine groups is 1. The summed E-state index contributed by atoms with van der Waals surface area (Å²) in [7, 11) is 0. The molecule has 2 aliphatic rings. The van der Waals surface area contributed by atoms with E-state index in [9.17, 15) is 18.8 Å². The minimum absolute atomic E-state index is 0.114. The summed E-state index contributed by atoms with van der Waals surface area (Å²) in [5, 5.41) is 11.5. The van der Waals surface area contributed by atoms with E-state index in [1.54, 1.807) is 18.2 Å². The second-order valence-corrected chi connectivity index (χ2v) is 7.37. The van der Waals surface area contributed by atoms with Crippen molar-refractivity contribution < 1.29 is 33.5 Å². The van der Waals surface area contributed by atoms with Crippen molar-refractivity contribution in [2.45, 2.75) is 51.2 Å². The molecule has 0 aliphatic carbocycles. The first-order valence-electron chi connectivity index (χ1n) is 10.0. The lowest BCUT2D eigenvalue weighted by Crippen LogP contribution is -2.49. The molecule has 1 aromatic carbocycles. The van der Waals surface area contributed by atoms with Gasteiger partial charge in [-0.05, 0) is 31.4 Å². The highest BCUT2D eigenvalue weighted by Crippen LogP contribution is 2.34. The fourth-order valence-electron chi connectivity index (χ4n) is 3.78. The third-order valence-corrected chi connectivity index (χ3v) is 5.38. The standard InChI is InChI=1S/C20H26FN3O6/c1-2-3-5-13(17(21)19(26)23-28)20(27)24-9-4-6-14(24)18(25)22-12-7-8-15-16(10-12)30-11-29-15/h7-8,10,13-14,17,28H,2-6,9,11H2,1H3,(H,22,25)(H,23,26)/t13-,14?,17-/m1/s1. The Morgan fingerprint density at radius 1 is 1.30 bits per heavy atom. The van der Waals surface area contributed by atoms with Crippen molar-refractivity contribution in [3.05, 3.63) is 18.2 Å². The van der Waals surface area contributed by atoms with Crippen molar-refractivity contribution >= 4 is 23.4 Å². The number of rotatable bonds is 8. The van der Waals surface area contributed by atoms with Gasteiger partial charge in [0.1, 0.15) is 6.04 Å². The molecule has 2 aliphatic heterocycles. The third-order valence-electron chi connectivity index (χ3n) is 5.38. The number of carbonyl (C=O) groups is 3. The van der Waals surface area contributed by atoms with Crippen molar-refractivity contribution in [2.75, 3.05) is 18.7 Å². The molecule has 0 bridgehead atoms. The topological polar surface area (TPSA) is 117 Å². The average Bonchev–Trinajstić information content (AvgIpc) is 3.42. The second kappa shape index (κ2) is 9.75. The number of fused-ring (bicyclic) bond motifs is 1. The summed E-state index contributed by atoms with van der Waals surface area (Å²) >= 11 is 0. The predicted molar refractivity (Wildman–Crippen MR) is 104 cm³/mol. The fourth-order valence-corrected chi connectivity index (χ4v) is 3.78. The molecular weight excluding hydrogens is 397 g/mol. The van der Waals surface area contributed by atoms with E-state index in [1.165, 1.54) is 10.4 Å². The maximum Gasteiger partial charge on any atom is 0.278 e. The van der Waals surface area contributed by atoms with Crippen LogP contribution in [0.25, 0.3) is 0 Å². The van der Waals surface area contributed by atoms with Gasteiger partial charge in [-0.3, -0.25) is 19.6 Å². The van der Waals surface area contributed by atoms with Gasteiger partial charge in [-0.2, -0.15) is 0 Å². The molecule has 0 spiro atoms. The van der Waals surface area contributed by atoms with Crippen molar-refractivity contribution in [1.82, 2.24) is 10.4 Å². The molecule has 1 unspecified atom stereocenters. The van der Waals surface area contributed by atoms with Gasteiger partial charge >= 0.3 is 0 Å². The molecule has 1 fully saturated rings. The van der Waals surface area contributed by atoms with Crippen LogP contribution in [0.1, 0.15) is 39.0 Å². The van der Waals surface area contributed by atoms with E-state index in [-0.39, 0.29) is 13.2 Å². The van der Waals surface area contributed by atoms with Crippen LogP contribution in [0.2, 0.25) is 0 Å². The lowest BCUT2D eigenvalue weighted by Gasteiger charge is -2.29. The quantitative estimate of drug-likeness (QED) is 0.435. The van der Waals surface area contributed by atoms with Crippen LogP contribution in [-0.4, -0.2) is 53.4 Å². The van der Waals surface area contributed by atoms with Crippen LogP contribution >= 0.6 is 0 Å². The van der Waals surface area contributed by atoms with E-state index in [2.05, 4.69) is 5.32 Å². The minimum atomic E-state index is -2.19. The number of hydrogen-bond donors (Lipinski definition) is 3. The number of ether oxygens (including phenoxy) is 2. The molecule has 0 aromatic heterocycles. The van der Waals surface area contributed by atoms with Gasteiger partial charge in [-0.15, -0.1) is 0 Å². The van der Waals surface area contributed by atoms with Crippen LogP contribution in [0, 0.1) is 5.92 Å². The summed E-state index contributed by atoms with van der Waals surface area (Å²) < 4.78 is 25.1. The summed E-state index contributed by atoms with van der Waals surface area (Å²) in [6.45, 7) is 2.30. The lowest BCUT2D eigenvalue weighted by molar-refractivity contribution is -0.148. The Morgan fingerprint density at radius 2 is 2.07 bits per heavy atom. The Labute approximate surface area is 173 Å². The molecule has 0 radical (unpaired) electrons. The number of likely N-dealkylation sites (tertiary alicyclic amines) is 1. The summed E-state index contributed by atoms with van der Waals surface area (Å²) in [6.07, 6.45) is 0.243. The molecular formula is C20H26FN3O6. The molecule has 3 amide bonds. The van der Waals surface area contributed by atoms with Crippen LogP contribution in [0.3, 0.4) is 0 Å². The molecule has 1 aromatic rings. The first-order valence-corrected chi connectivity index (χ1v) is 10.0. The monoisotopic (exact) mass is 423 g/mol. The van der Waals surface area contributed by atoms with Gasteiger partial charge in [0.2, 0.25) is 18.6 Å². The summed E-state index contributed by atoms with van der Waals surface area (Å²) in [5.41, 5.74) is 1.76. The van der Waals surface area contributed by atoms with Gasteiger partial charge in [-0.25, -0.2) is 9.87 Å². The Kier molecular flexibility index (Phi) is 7.09. The molecule has 164 valence electrons. The largest absolute Gasteiger partial charge is 0.454 e. The number of benzene rings is 1. The van der Waals surface area contributed by atoms with Gasteiger partial charge in [-0.1, -0.05) is 19.8 Å². The number of alkyl halides is 1. The molecule has 1 saturated heterocycles. The number of halogens is 1. The van der Waals surface area contributed by atoms with Gasteiger partial charge in [0.25, 0.3) is 5.91 Å². The number of hydrogen-bond acceptors (Lipinski definition) is 6. The highest BCUT2D eigenvalue weighted by Gasteiger charge is 2.41. The highest BCUT2D eigenvalue weighted by atomic mass is 19.1. The maximum atomic E-state index is 14.5. The van der Waals surface area contributed by atoms with Crippen molar-refractivity contribution in [3.8, 4) is 11.5 Å². The van der Waals surface area contributed by atoms with Crippen LogP contribution in [0.4, 0.5) is 10.1 Å². The number of unbranched alkanes of at least 4 members (excludes halogenated alkanes) is 1. The van der Waals surface area contributed by atoms with E-state index < -0.39 is 35.9 Å².